The van der Waals surface area contributed by atoms with E-state index >= 15 is 0 Å². The average Bonchev–Trinajstić information content (AvgIpc) is 2.88. The predicted octanol–water partition coefficient (Wildman–Crippen LogP) is 8.25. The van der Waals surface area contributed by atoms with Gasteiger partial charge in [0, 0.05) is 11.8 Å². The number of nitrogen functional groups attached to an aromatic ring is 2. The molecule has 0 aliphatic carbocycles. The Hall–Kier alpha value is -4.54. The van der Waals surface area contributed by atoms with Crippen LogP contribution in [0.15, 0.2) is 91.0 Å². The first-order chi connectivity index (χ1) is 18.8. The Labute approximate surface area is 225 Å². The first kappa shape index (κ1) is 28.5. The maximum atomic E-state index is 14.5. The summed E-state index contributed by atoms with van der Waals surface area (Å²) in [7, 11) is 0. The molecular formula is C29H24F6N2O3. The summed E-state index contributed by atoms with van der Waals surface area (Å²) in [6.45, 7) is 2.08. The molecule has 0 bridgehead atoms. The van der Waals surface area contributed by atoms with E-state index in [-0.39, 0.29) is 17.2 Å². The molecule has 0 amide bonds. The van der Waals surface area contributed by atoms with Crippen molar-refractivity contribution in [2.24, 2.45) is 0 Å². The highest BCUT2D eigenvalue weighted by atomic mass is 19.4. The third-order valence-electron chi connectivity index (χ3n) is 6.06. The van der Waals surface area contributed by atoms with Crippen molar-refractivity contribution in [2.45, 2.75) is 24.7 Å². The van der Waals surface area contributed by atoms with Crippen molar-refractivity contribution < 1.29 is 40.6 Å². The summed E-state index contributed by atoms with van der Waals surface area (Å²) in [5.74, 6) is 0.936. The summed E-state index contributed by atoms with van der Waals surface area (Å²) in [4.78, 5) is 0. The van der Waals surface area contributed by atoms with Gasteiger partial charge in [0.25, 0.3) is 0 Å². The highest BCUT2D eigenvalue weighted by Gasteiger charge is 2.72. The Balaban J connectivity index is 1.69. The van der Waals surface area contributed by atoms with E-state index in [4.69, 9.17) is 25.7 Å². The largest absolute Gasteiger partial charge is 0.492 e. The van der Waals surface area contributed by atoms with Gasteiger partial charge in [-0.05, 0) is 78.7 Å². The Morgan fingerprint density at radius 1 is 0.575 bits per heavy atom. The molecule has 0 aliphatic rings. The molecule has 4 aromatic carbocycles. The van der Waals surface area contributed by atoms with Gasteiger partial charge in [-0.25, -0.2) is 0 Å². The van der Waals surface area contributed by atoms with Gasteiger partial charge >= 0.3 is 12.4 Å². The number of nitrogens with two attached hydrogens (primary N) is 2. The Morgan fingerprint density at radius 2 is 0.975 bits per heavy atom. The summed E-state index contributed by atoms with van der Waals surface area (Å²) >= 11 is 0. The number of hydrogen-bond acceptors (Lipinski definition) is 5. The van der Waals surface area contributed by atoms with Crippen molar-refractivity contribution in [3.05, 3.63) is 102 Å². The maximum Gasteiger partial charge on any atom is 0.411 e. The molecule has 5 nitrogen and oxygen atoms in total. The van der Waals surface area contributed by atoms with Crippen LogP contribution in [0.3, 0.4) is 0 Å². The molecule has 0 heterocycles. The van der Waals surface area contributed by atoms with Crippen molar-refractivity contribution in [3.8, 4) is 28.7 Å². The molecule has 0 atom stereocenters. The van der Waals surface area contributed by atoms with Crippen molar-refractivity contribution in [2.75, 3.05) is 18.1 Å². The van der Waals surface area contributed by atoms with Gasteiger partial charge in [-0.1, -0.05) is 24.3 Å². The molecule has 0 saturated heterocycles. The Kier molecular flexibility index (Phi) is 7.77. The molecule has 40 heavy (non-hydrogen) atoms. The van der Waals surface area contributed by atoms with Crippen LogP contribution < -0.4 is 25.7 Å². The van der Waals surface area contributed by atoms with Gasteiger partial charge in [0.15, 0.2) is 0 Å². The number of anilines is 2. The van der Waals surface area contributed by atoms with Crippen molar-refractivity contribution >= 4 is 11.4 Å². The van der Waals surface area contributed by atoms with Crippen LogP contribution in [0.1, 0.15) is 18.1 Å². The number of rotatable bonds is 8. The molecule has 0 fully saturated rings. The molecule has 4 aromatic rings. The van der Waals surface area contributed by atoms with Crippen molar-refractivity contribution in [3.63, 3.8) is 0 Å². The van der Waals surface area contributed by atoms with Crippen LogP contribution in [-0.2, 0) is 5.41 Å². The van der Waals surface area contributed by atoms with E-state index in [1.165, 1.54) is 30.3 Å². The van der Waals surface area contributed by atoms with E-state index in [9.17, 15) is 26.3 Å². The van der Waals surface area contributed by atoms with Gasteiger partial charge in [-0.15, -0.1) is 0 Å². The zero-order valence-electron chi connectivity index (χ0n) is 21.0. The lowest BCUT2D eigenvalue weighted by Crippen LogP contribution is -2.54. The third kappa shape index (κ3) is 5.58. The molecule has 0 radical (unpaired) electrons. The van der Waals surface area contributed by atoms with Crippen LogP contribution in [0.5, 0.6) is 28.7 Å². The predicted molar refractivity (Wildman–Crippen MR) is 139 cm³/mol. The lowest BCUT2D eigenvalue weighted by Gasteiger charge is -2.38. The number of benzene rings is 4. The fraction of sp³-hybridized carbons (Fsp3) is 0.172. The summed E-state index contributed by atoms with van der Waals surface area (Å²) in [5, 5.41) is 0. The molecule has 0 spiro atoms. The lowest BCUT2D eigenvalue weighted by atomic mass is 9.73. The van der Waals surface area contributed by atoms with Crippen LogP contribution in [0.2, 0.25) is 0 Å². The summed E-state index contributed by atoms with van der Waals surface area (Å²) < 4.78 is 104. The van der Waals surface area contributed by atoms with Crippen LogP contribution in [0.25, 0.3) is 0 Å². The summed E-state index contributed by atoms with van der Waals surface area (Å²) in [5.41, 5.74) is 5.86. The quantitative estimate of drug-likeness (QED) is 0.167. The van der Waals surface area contributed by atoms with E-state index < -0.39 is 28.9 Å². The second kappa shape index (κ2) is 10.9. The van der Waals surface area contributed by atoms with Crippen LogP contribution >= 0.6 is 0 Å². The zero-order chi connectivity index (χ0) is 29.1. The van der Waals surface area contributed by atoms with Crippen LogP contribution in [-0.4, -0.2) is 19.0 Å². The standard InChI is InChI=1S/C29H24F6N2O3/c1-2-38-26-17-24(15-16-25(26)37)40-22-11-5-19(6-12-22)27(28(30,31)32,29(33,34)35)18-3-9-21(10-4-18)39-23-13-7-20(36)8-14-23/h3-17H,2,36-37H2,1H3. The van der Waals surface area contributed by atoms with Crippen LogP contribution in [0, 0.1) is 0 Å². The summed E-state index contributed by atoms with van der Waals surface area (Å²) in [6.07, 6.45) is -11.5. The average molecular weight is 563 g/mol. The molecule has 0 unspecified atom stereocenters. The highest BCUT2D eigenvalue weighted by molar-refractivity contribution is 5.56. The fourth-order valence-electron chi connectivity index (χ4n) is 4.19. The first-order valence-corrected chi connectivity index (χ1v) is 11.9. The fourth-order valence-corrected chi connectivity index (χ4v) is 4.19. The Bertz CT molecular complexity index is 1420. The summed E-state index contributed by atoms with van der Waals surface area (Å²) in [6, 6.07) is 17.8. The van der Waals surface area contributed by atoms with Crippen molar-refractivity contribution in [1.29, 1.82) is 0 Å². The van der Waals surface area contributed by atoms with Gasteiger partial charge in [-0.3, -0.25) is 0 Å². The van der Waals surface area contributed by atoms with Gasteiger partial charge < -0.3 is 25.7 Å². The number of ether oxygens (including phenoxy) is 3. The lowest BCUT2D eigenvalue weighted by molar-refractivity contribution is -0.288. The molecular weight excluding hydrogens is 538 g/mol. The number of hydrogen-bond donors (Lipinski definition) is 2. The van der Waals surface area contributed by atoms with E-state index in [1.54, 1.807) is 19.1 Å². The second-order valence-corrected chi connectivity index (χ2v) is 8.70. The van der Waals surface area contributed by atoms with Gasteiger partial charge in [-0.2, -0.15) is 26.3 Å². The van der Waals surface area contributed by atoms with Gasteiger partial charge in [0.05, 0.1) is 12.3 Å². The maximum absolute atomic E-state index is 14.5. The molecule has 0 saturated carbocycles. The number of halogens is 6. The van der Waals surface area contributed by atoms with E-state index in [0.717, 1.165) is 48.5 Å². The third-order valence-corrected chi connectivity index (χ3v) is 6.06. The smallest absolute Gasteiger partial charge is 0.411 e. The normalized spacial score (nSPS) is 12.2. The van der Waals surface area contributed by atoms with Crippen LogP contribution in [0.4, 0.5) is 37.7 Å². The minimum atomic E-state index is -5.74. The first-order valence-electron chi connectivity index (χ1n) is 11.9. The molecule has 0 aliphatic heterocycles. The van der Waals surface area contributed by atoms with Gasteiger partial charge in [0.2, 0.25) is 5.41 Å². The number of alkyl halides is 6. The highest BCUT2D eigenvalue weighted by Crippen LogP contribution is 2.56. The molecule has 11 heteroatoms. The minimum absolute atomic E-state index is 0.0152. The molecule has 210 valence electrons. The monoisotopic (exact) mass is 562 g/mol. The Morgan fingerprint density at radius 3 is 1.40 bits per heavy atom. The molecule has 0 aromatic heterocycles. The van der Waals surface area contributed by atoms with Gasteiger partial charge in [0.1, 0.15) is 28.7 Å². The SMILES string of the molecule is CCOc1cc(Oc2ccc(C(c3ccc(Oc4ccc(N)cc4)cc3)(C(F)(F)F)C(F)(F)F)cc2)ccc1N. The zero-order valence-corrected chi connectivity index (χ0v) is 21.0. The van der Waals surface area contributed by atoms with Crippen molar-refractivity contribution in [1.82, 2.24) is 0 Å². The van der Waals surface area contributed by atoms with E-state index in [0.29, 0.717) is 29.5 Å². The molecule has 4 rings (SSSR count). The second-order valence-electron chi connectivity index (χ2n) is 8.70. The van der Waals surface area contributed by atoms with E-state index in [2.05, 4.69) is 0 Å². The minimum Gasteiger partial charge on any atom is -0.492 e. The van der Waals surface area contributed by atoms with E-state index in [1.807, 2.05) is 0 Å². The molecule has 4 N–H and O–H groups in total. The topological polar surface area (TPSA) is 79.7 Å².